The molecule has 6 heteroatoms. The summed E-state index contributed by atoms with van der Waals surface area (Å²) in [7, 11) is 0. The van der Waals surface area contributed by atoms with Crippen LogP contribution in [0.15, 0.2) is 24.3 Å². The highest BCUT2D eigenvalue weighted by atomic mass is 16.3. The zero-order valence-corrected chi connectivity index (χ0v) is 10.3. The second kappa shape index (κ2) is 5.51. The lowest BCUT2D eigenvalue weighted by atomic mass is 10.1. The van der Waals surface area contributed by atoms with Gasteiger partial charge >= 0.3 is 0 Å². The van der Waals surface area contributed by atoms with E-state index in [0.717, 1.165) is 10.6 Å². The SMILES string of the molecule is O=C(CCc1ccc(O)cc1)NN1C(=O)CCC1=O. The van der Waals surface area contributed by atoms with Crippen LogP contribution in [0.2, 0.25) is 0 Å². The Kier molecular flexibility index (Phi) is 3.79. The molecule has 0 saturated carbocycles. The number of aryl methyl sites for hydroxylation is 1. The number of phenols is 1. The third kappa shape index (κ3) is 3.31. The molecule has 1 heterocycles. The van der Waals surface area contributed by atoms with E-state index < -0.39 is 0 Å². The van der Waals surface area contributed by atoms with E-state index >= 15 is 0 Å². The summed E-state index contributed by atoms with van der Waals surface area (Å²) < 4.78 is 0. The lowest BCUT2D eigenvalue weighted by molar-refractivity contribution is -0.147. The van der Waals surface area contributed by atoms with Crippen molar-refractivity contribution in [2.24, 2.45) is 0 Å². The number of aromatic hydroxyl groups is 1. The number of rotatable bonds is 4. The highest BCUT2D eigenvalue weighted by molar-refractivity contribution is 6.03. The minimum atomic E-state index is -0.378. The minimum Gasteiger partial charge on any atom is -0.508 e. The first kappa shape index (κ1) is 13.1. The molecule has 6 nitrogen and oxygen atoms in total. The molecule has 2 rings (SSSR count). The van der Waals surface area contributed by atoms with Crippen LogP contribution in [0.5, 0.6) is 5.75 Å². The molecule has 100 valence electrons. The van der Waals surface area contributed by atoms with E-state index in [9.17, 15) is 14.4 Å². The van der Waals surface area contributed by atoms with Crippen LogP contribution in [-0.2, 0) is 20.8 Å². The van der Waals surface area contributed by atoms with Crippen LogP contribution in [-0.4, -0.2) is 27.8 Å². The number of imide groups is 1. The molecule has 1 saturated heterocycles. The number of amides is 3. The summed E-state index contributed by atoms with van der Waals surface area (Å²) in [6.45, 7) is 0. The second-order valence-corrected chi connectivity index (χ2v) is 4.32. The first-order valence-electron chi connectivity index (χ1n) is 5.99. The second-order valence-electron chi connectivity index (χ2n) is 4.32. The summed E-state index contributed by atoms with van der Waals surface area (Å²) >= 11 is 0. The molecule has 0 atom stereocenters. The van der Waals surface area contributed by atoms with Crippen molar-refractivity contribution in [3.8, 4) is 5.75 Å². The Hall–Kier alpha value is -2.37. The maximum atomic E-state index is 11.6. The first-order chi connectivity index (χ1) is 9.06. The van der Waals surface area contributed by atoms with E-state index in [1.807, 2.05) is 0 Å². The van der Waals surface area contributed by atoms with Crippen molar-refractivity contribution in [2.75, 3.05) is 0 Å². The minimum absolute atomic E-state index is 0.150. The fraction of sp³-hybridized carbons (Fsp3) is 0.308. The van der Waals surface area contributed by atoms with Crippen LogP contribution in [0.3, 0.4) is 0 Å². The molecular formula is C13H14N2O4. The van der Waals surface area contributed by atoms with Crippen LogP contribution in [0.25, 0.3) is 0 Å². The van der Waals surface area contributed by atoms with Crippen LogP contribution in [0.1, 0.15) is 24.8 Å². The molecule has 1 fully saturated rings. The van der Waals surface area contributed by atoms with Gasteiger partial charge in [-0.1, -0.05) is 12.1 Å². The summed E-state index contributed by atoms with van der Waals surface area (Å²) in [6.07, 6.45) is 0.943. The number of carbonyl (C=O) groups is 3. The van der Waals surface area contributed by atoms with Gasteiger partial charge in [0.2, 0.25) is 17.7 Å². The molecule has 0 aliphatic carbocycles. The molecule has 1 aromatic carbocycles. The molecule has 1 aliphatic rings. The zero-order chi connectivity index (χ0) is 13.8. The maximum Gasteiger partial charge on any atom is 0.248 e. The van der Waals surface area contributed by atoms with Gasteiger partial charge in [0.1, 0.15) is 5.75 Å². The van der Waals surface area contributed by atoms with Gasteiger partial charge in [-0.05, 0) is 24.1 Å². The van der Waals surface area contributed by atoms with Crippen molar-refractivity contribution < 1.29 is 19.5 Å². The van der Waals surface area contributed by atoms with Crippen molar-refractivity contribution in [1.29, 1.82) is 0 Å². The highest BCUT2D eigenvalue weighted by Gasteiger charge is 2.30. The molecule has 0 spiro atoms. The van der Waals surface area contributed by atoms with Crippen molar-refractivity contribution in [3.05, 3.63) is 29.8 Å². The predicted octanol–water partition coefficient (Wildman–Crippen LogP) is 0.505. The van der Waals surface area contributed by atoms with E-state index in [0.29, 0.717) is 6.42 Å². The standard InChI is InChI=1S/C13H14N2O4/c16-10-4-1-9(2-5-10)3-6-11(17)14-15-12(18)7-8-13(15)19/h1-2,4-5,16H,3,6-8H2,(H,14,17). The maximum absolute atomic E-state index is 11.6. The van der Waals surface area contributed by atoms with Crippen molar-refractivity contribution >= 4 is 17.7 Å². The Morgan fingerprint density at radius 2 is 1.74 bits per heavy atom. The largest absolute Gasteiger partial charge is 0.508 e. The number of nitrogens with zero attached hydrogens (tertiary/aromatic N) is 1. The summed E-state index contributed by atoms with van der Waals surface area (Å²) in [4.78, 5) is 34.2. The van der Waals surface area contributed by atoms with Crippen molar-refractivity contribution in [3.63, 3.8) is 0 Å². The summed E-state index contributed by atoms with van der Waals surface area (Å²) in [5.41, 5.74) is 3.20. The zero-order valence-electron chi connectivity index (χ0n) is 10.3. The predicted molar refractivity (Wildman–Crippen MR) is 65.7 cm³/mol. The van der Waals surface area contributed by atoms with E-state index in [2.05, 4.69) is 5.43 Å². The number of carbonyl (C=O) groups excluding carboxylic acids is 3. The molecule has 0 aromatic heterocycles. The molecule has 0 radical (unpaired) electrons. The molecule has 19 heavy (non-hydrogen) atoms. The fourth-order valence-electron chi connectivity index (χ4n) is 1.80. The summed E-state index contributed by atoms with van der Waals surface area (Å²) in [5, 5.41) is 9.91. The Morgan fingerprint density at radius 1 is 1.16 bits per heavy atom. The van der Waals surface area contributed by atoms with Gasteiger partial charge in [-0.3, -0.25) is 19.8 Å². The van der Waals surface area contributed by atoms with Gasteiger partial charge in [0, 0.05) is 19.3 Å². The van der Waals surface area contributed by atoms with Gasteiger partial charge in [0.05, 0.1) is 0 Å². The Bertz CT molecular complexity index is 494. The Labute approximate surface area is 110 Å². The van der Waals surface area contributed by atoms with Crippen LogP contribution in [0.4, 0.5) is 0 Å². The molecule has 1 aromatic rings. The molecule has 0 unspecified atom stereocenters. The topological polar surface area (TPSA) is 86.7 Å². The Balaban J connectivity index is 1.83. The van der Waals surface area contributed by atoms with Gasteiger partial charge < -0.3 is 5.11 Å². The van der Waals surface area contributed by atoms with Gasteiger partial charge in [-0.15, -0.1) is 0 Å². The normalized spacial score (nSPS) is 14.8. The third-order valence-corrected chi connectivity index (χ3v) is 2.87. The molecular weight excluding hydrogens is 248 g/mol. The summed E-state index contributed by atoms with van der Waals surface area (Å²) in [6, 6.07) is 6.52. The van der Waals surface area contributed by atoms with Gasteiger partial charge in [0.25, 0.3) is 0 Å². The van der Waals surface area contributed by atoms with Gasteiger partial charge in [-0.2, -0.15) is 5.01 Å². The number of phenolic OH excluding ortho intramolecular Hbond substituents is 1. The van der Waals surface area contributed by atoms with E-state index in [1.54, 1.807) is 24.3 Å². The lowest BCUT2D eigenvalue weighted by Gasteiger charge is -2.14. The number of benzene rings is 1. The molecule has 0 bridgehead atoms. The van der Waals surface area contributed by atoms with E-state index in [4.69, 9.17) is 5.11 Å². The molecule has 1 aliphatic heterocycles. The van der Waals surface area contributed by atoms with E-state index in [-0.39, 0.29) is 42.7 Å². The van der Waals surface area contributed by atoms with Crippen LogP contribution >= 0.6 is 0 Å². The third-order valence-electron chi connectivity index (χ3n) is 2.87. The molecule has 3 amide bonds. The Morgan fingerprint density at radius 3 is 2.32 bits per heavy atom. The number of hydrogen-bond donors (Lipinski definition) is 2. The highest BCUT2D eigenvalue weighted by Crippen LogP contribution is 2.12. The number of hydrazine groups is 1. The average molecular weight is 262 g/mol. The lowest BCUT2D eigenvalue weighted by Crippen LogP contribution is -2.45. The van der Waals surface area contributed by atoms with Gasteiger partial charge in [-0.25, -0.2) is 0 Å². The van der Waals surface area contributed by atoms with E-state index in [1.165, 1.54) is 0 Å². The molecule has 2 N–H and O–H groups in total. The smallest absolute Gasteiger partial charge is 0.248 e. The summed E-state index contributed by atoms with van der Waals surface area (Å²) in [5.74, 6) is -0.955. The van der Waals surface area contributed by atoms with Crippen LogP contribution < -0.4 is 5.43 Å². The number of hydrogen-bond acceptors (Lipinski definition) is 4. The monoisotopic (exact) mass is 262 g/mol. The fourth-order valence-corrected chi connectivity index (χ4v) is 1.80. The van der Waals surface area contributed by atoms with Gasteiger partial charge in [0.15, 0.2) is 0 Å². The quantitative estimate of drug-likeness (QED) is 0.774. The van der Waals surface area contributed by atoms with Crippen molar-refractivity contribution in [2.45, 2.75) is 25.7 Å². The van der Waals surface area contributed by atoms with Crippen LogP contribution in [0, 0.1) is 0 Å². The van der Waals surface area contributed by atoms with Crippen molar-refractivity contribution in [1.82, 2.24) is 10.4 Å². The average Bonchev–Trinajstić information content (AvgIpc) is 2.70. The number of nitrogens with one attached hydrogen (secondary N) is 1. The first-order valence-corrected chi connectivity index (χ1v) is 5.99.